The van der Waals surface area contributed by atoms with Gasteiger partial charge < -0.3 is 16.0 Å². The van der Waals surface area contributed by atoms with Crippen LogP contribution >= 0.6 is 12.4 Å². The zero-order valence-corrected chi connectivity index (χ0v) is 18.2. The number of hydrogen-bond donors (Lipinski definition) is 2. The molecule has 7 nitrogen and oxygen atoms in total. The van der Waals surface area contributed by atoms with Gasteiger partial charge in [-0.15, -0.1) is 12.4 Å². The molecule has 1 aromatic carbocycles. The first kappa shape index (κ1) is 22.3. The molecule has 0 bridgehead atoms. The maximum Gasteiger partial charge on any atom is 0.274 e. The summed E-state index contributed by atoms with van der Waals surface area (Å²) in [5, 5.41) is 7.59. The highest BCUT2D eigenvalue weighted by molar-refractivity contribution is 5.95. The Morgan fingerprint density at radius 2 is 1.97 bits per heavy atom. The summed E-state index contributed by atoms with van der Waals surface area (Å²) in [5.41, 5.74) is 10.4. The fourth-order valence-corrected chi connectivity index (χ4v) is 4.37. The van der Waals surface area contributed by atoms with Gasteiger partial charge >= 0.3 is 0 Å². The minimum atomic E-state index is -0.175. The zero-order valence-electron chi connectivity index (χ0n) is 17.4. The van der Waals surface area contributed by atoms with Crippen LogP contribution in [-0.4, -0.2) is 52.7 Å². The molecule has 2 aliphatic rings. The number of piperidine rings is 1. The molecule has 2 amide bonds. The number of carbonyl (C=O) groups is 2. The van der Waals surface area contributed by atoms with Crippen molar-refractivity contribution in [1.29, 1.82) is 0 Å². The number of hydrogen-bond acceptors (Lipinski definition) is 4. The minimum absolute atomic E-state index is 0. The van der Waals surface area contributed by atoms with Gasteiger partial charge in [0.1, 0.15) is 0 Å². The molecule has 1 unspecified atom stereocenters. The van der Waals surface area contributed by atoms with E-state index in [1.807, 2.05) is 16.8 Å². The smallest absolute Gasteiger partial charge is 0.274 e. The van der Waals surface area contributed by atoms with Crippen molar-refractivity contribution in [3.8, 4) is 5.69 Å². The van der Waals surface area contributed by atoms with Crippen LogP contribution in [0.25, 0.3) is 5.69 Å². The summed E-state index contributed by atoms with van der Waals surface area (Å²) in [6.07, 6.45) is 4.50. The van der Waals surface area contributed by atoms with E-state index in [4.69, 9.17) is 10.8 Å². The summed E-state index contributed by atoms with van der Waals surface area (Å²) in [4.78, 5) is 27.5. The predicted molar refractivity (Wildman–Crippen MR) is 118 cm³/mol. The molecule has 3 N–H and O–H groups in total. The lowest BCUT2D eigenvalue weighted by Crippen LogP contribution is -2.46. The van der Waals surface area contributed by atoms with Crippen LogP contribution in [0, 0.1) is 12.8 Å². The van der Waals surface area contributed by atoms with Crippen LogP contribution in [0.4, 0.5) is 0 Å². The Hall–Kier alpha value is -2.38. The number of amides is 2. The van der Waals surface area contributed by atoms with E-state index in [0.717, 1.165) is 49.0 Å². The lowest BCUT2D eigenvalue weighted by molar-refractivity contribution is -0.126. The number of nitrogens with one attached hydrogen (secondary N) is 1. The molecule has 1 aromatic heterocycles. The average Bonchev–Trinajstić information content (AvgIpc) is 3.35. The number of likely N-dealkylation sites (tertiary alicyclic amines) is 1. The molecule has 1 saturated heterocycles. The summed E-state index contributed by atoms with van der Waals surface area (Å²) in [7, 11) is 0. The number of aromatic nitrogens is 2. The zero-order chi connectivity index (χ0) is 20.4. The Morgan fingerprint density at radius 3 is 2.70 bits per heavy atom. The number of aryl methyl sites for hydroxylation is 1. The van der Waals surface area contributed by atoms with Gasteiger partial charge in [0, 0.05) is 37.4 Å². The van der Waals surface area contributed by atoms with Gasteiger partial charge in [-0.3, -0.25) is 9.59 Å². The van der Waals surface area contributed by atoms with E-state index in [1.165, 1.54) is 5.56 Å². The second-order valence-electron chi connectivity index (χ2n) is 8.04. The van der Waals surface area contributed by atoms with Crippen molar-refractivity contribution in [1.82, 2.24) is 20.0 Å². The maximum atomic E-state index is 13.3. The molecule has 30 heavy (non-hydrogen) atoms. The topological polar surface area (TPSA) is 93.2 Å². The van der Waals surface area contributed by atoms with Gasteiger partial charge in [0.15, 0.2) is 5.69 Å². The van der Waals surface area contributed by atoms with E-state index in [-0.39, 0.29) is 30.1 Å². The summed E-state index contributed by atoms with van der Waals surface area (Å²) in [5.74, 6) is -0.236. The van der Waals surface area contributed by atoms with Gasteiger partial charge in [0.25, 0.3) is 5.91 Å². The highest BCUT2D eigenvalue weighted by Gasteiger charge is 2.33. The van der Waals surface area contributed by atoms with Gasteiger partial charge in [-0.1, -0.05) is 17.7 Å². The van der Waals surface area contributed by atoms with Crippen LogP contribution in [0.5, 0.6) is 0 Å². The van der Waals surface area contributed by atoms with Crippen molar-refractivity contribution >= 4 is 24.2 Å². The molecular weight excluding hydrogens is 402 g/mol. The molecule has 2 aromatic rings. The second kappa shape index (κ2) is 9.62. The number of halogens is 1. The van der Waals surface area contributed by atoms with Crippen LogP contribution in [0.15, 0.2) is 24.3 Å². The number of benzene rings is 1. The molecule has 0 saturated carbocycles. The van der Waals surface area contributed by atoms with Crippen LogP contribution in [0.2, 0.25) is 0 Å². The van der Waals surface area contributed by atoms with Crippen molar-refractivity contribution in [3.63, 3.8) is 0 Å². The number of carbonyl (C=O) groups excluding carboxylic acids is 2. The fraction of sp³-hybridized carbons (Fsp3) is 0.500. The third kappa shape index (κ3) is 4.37. The Balaban J connectivity index is 0.00000256. The lowest BCUT2D eigenvalue weighted by atomic mass is 9.96. The highest BCUT2D eigenvalue weighted by atomic mass is 35.5. The number of fused-ring (bicyclic) bond motifs is 1. The van der Waals surface area contributed by atoms with Crippen molar-refractivity contribution in [2.45, 2.75) is 39.0 Å². The first-order valence-corrected chi connectivity index (χ1v) is 10.5. The Labute approximate surface area is 183 Å². The minimum Gasteiger partial charge on any atom is -0.355 e. The first-order valence-electron chi connectivity index (χ1n) is 10.5. The third-order valence-corrected chi connectivity index (χ3v) is 5.93. The number of rotatable bonds is 5. The summed E-state index contributed by atoms with van der Waals surface area (Å²) in [6.45, 7) is 4.07. The van der Waals surface area contributed by atoms with Crippen molar-refractivity contribution in [2.24, 2.45) is 11.7 Å². The number of nitrogens with zero attached hydrogens (tertiary/aromatic N) is 3. The molecule has 2 heterocycles. The summed E-state index contributed by atoms with van der Waals surface area (Å²) in [6, 6.07) is 8.23. The molecule has 1 fully saturated rings. The van der Waals surface area contributed by atoms with Gasteiger partial charge in [0.05, 0.1) is 11.6 Å². The second-order valence-corrected chi connectivity index (χ2v) is 8.04. The van der Waals surface area contributed by atoms with Crippen molar-refractivity contribution in [3.05, 3.63) is 46.8 Å². The molecule has 4 rings (SSSR count). The van der Waals surface area contributed by atoms with Crippen LogP contribution < -0.4 is 11.1 Å². The number of nitrogens with two attached hydrogens (primary N) is 1. The van der Waals surface area contributed by atoms with Gasteiger partial charge in [-0.2, -0.15) is 5.10 Å². The molecule has 1 aliphatic carbocycles. The standard InChI is InChI=1S/C22H29N5O2.ClH/c1-15-7-9-17(10-8-15)27-19-6-2-5-18(19)20(25-27)22(29)26-13-3-4-16(14-26)21(28)24-12-11-23;/h7-10,16H,2-6,11-14,23H2,1H3,(H,24,28);1H. The molecule has 0 radical (unpaired) electrons. The van der Waals surface area contributed by atoms with E-state index in [1.54, 1.807) is 4.90 Å². The lowest BCUT2D eigenvalue weighted by Gasteiger charge is -2.31. The Bertz CT molecular complexity index is 909. The quantitative estimate of drug-likeness (QED) is 0.757. The summed E-state index contributed by atoms with van der Waals surface area (Å²) < 4.78 is 1.93. The van der Waals surface area contributed by atoms with E-state index >= 15 is 0 Å². The summed E-state index contributed by atoms with van der Waals surface area (Å²) >= 11 is 0. The van der Waals surface area contributed by atoms with Crippen LogP contribution in [0.1, 0.15) is 46.6 Å². The van der Waals surface area contributed by atoms with Crippen LogP contribution in [0.3, 0.4) is 0 Å². The average molecular weight is 432 g/mol. The van der Waals surface area contributed by atoms with E-state index in [9.17, 15) is 9.59 Å². The molecule has 162 valence electrons. The fourth-order valence-electron chi connectivity index (χ4n) is 4.37. The largest absolute Gasteiger partial charge is 0.355 e. The van der Waals surface area contributed by atoms with Crippen LogP contribution in [-0.2, 0) is 17.6 Å². The Kier molecular flexibility index (Phi) is 7.15. The SMILES string of the molecule is Cc1ccc(-n2nc(C(=O)N3CCCC(C(=O)NCCN)C3)c3c2CCC3)cc1.Cl. The molecule has 1 atom stereocenters. The van der Waals surface area contributed by atoms with Gasteiger partial charge in [-0.25, -0.2) is 4.68 Å². The maximum absolute atomic E-state index is 13.3. The third-order valence-electron chi connectivity index (χ3n) is 5.93. The first-order chi connectivity index (χ1) is 14.1. The predicted octanol–water partition coefficient (Wildman–Crippen LogP) is 2.02. The molecular formula is C22H30ClN5O2. The Morgan fingerprint density at radius 1 is 1.20 bits per heavy atom. The van der Waals surface area contributed by atoms with E-state index in [2.05, 4.69) is 24.4 Å². The molecule has 8 heteroatoms. The molecule has 0 spiro atoms. The normalized spacial score (nSPS) is 17.9. The van der Waals surface area contributed by atoms with Gasteiger partial charge in [0.2, 0.25) is 5.91 Å². The monoisotopic (exact) mass is 431 g/mol. The van der Waals surface area contributed by atoms with Crippen molar-refractivity contribution in [2.75, 3.05) is 26.2 Å². The van der Waals surface area contributed by atoms with Crippen molar-refractivity contribution < 1.29 is 9.59 Å². The van der Waals surface area contributed by atoms with E-state index in [0.29, 0.717) is 31.9 Å². The highest BCUT2D eigenvalue weighted by Crippen LogP contribution is 2.29. The molecule has 1 aliphatic heterocycles. The van der Waals surface area contributed by atoms with Gasteiger partial charge in [-0.05, 0) is 51.2 Å². The van der Waals surface area contributed by atoms with E-state index < -0.39 is 0 Å².